The lowest BCUT2D eigenvalue weighted by atomic mass is 10.0. The molecule has 0 unspecified atom stereocenters. The van der Waals surface area contributed by atoms with E-state index in [1.165, 1.54) is 11.3 Å². The number of anilines is 1. The molecule has 0 aromatic carbocycles. The van der Waals surface area contributed by atoms with Crippen molar-refractivity contribution in [2.75, 3.05) is 12.8 Å². The van der Waals surface area contributed by atoms with E-state index in [1.54, 1.807) is 7.11 Å². The molecule has 19 heavy (non-hydrogen) atoms. The van der Waals surface area contributed by atoms with Gasteiger partial charge in [-0.3, -0.25) is 0 Å². The van der Waals surface area contributed by atoms with Crippen LogP contribution in [0.15, 0.2) is 4.52 Å². The number of rotatable bonds is 3. The molecule has 102 valence electrons. The molecule has 3 rings (SSSR count). The number of nitrogen functional groups attached to an aromatic ring is 1. The van der Waals surface area contributed by atoms with Crippen molar-refractivity contribution in [1.29, 1.82) is 0 Å². The summed E-state index contributed by atoms with van der Waals surface area (Å²) in [6.45, 7) is 1.88. The summed E-state index contributed by atoms with van der Waals surface area (Å²) < 4.78 is 11.0. The molecule has 7 heteroatoms. The number of ether oxygens (including phenoxy) is 1. The van der Waals surface area contributed by atoms with Gasteiger partial charge in [-0.15, -0.1) is 0 Å². The highest BCUT2D eigenvalue weighted by molar-refractivity contribution is 7.18. The van der Waals surface area contributed by atoms with Crippen LogP contribution < -0.4 is 5.73 Å². The van der Waals surface area contributed by atoms with Crippen molar-refractivity contribution in [3.05, 3.63) is 11.5 Å². The Labute approximate surface area is 115 Å². The third-order valence-corrected chi connectivity index (χ3v) is 4.62. The molecule has 6 nitrogen and oxygen atoms in total. The van der Waals surface area contributed by atoms with Crippen LogP contribution in [0.4, 0.5) is 5.13 Å². The van der Waals surface area contributed by atoms with Crippen molar-refractivity contribution < 1.29 is 9.26 Å². The van der Waals surface area contributed by atoms with Crippen molar-refractivity contribution >= 4 is 16.5 Å². The van der Waals surface area contributed by atoms with E-state index in [4.69, 9.17) is 15.0 Å². The Bertz CT molecular complexity index is 586. The largest absolute Gasteiger partial charge is 0.375 e. The number of aryl methyl sites for hydroxylation is 1. The molecule has 1 saturated carbocycles. The fourth-order valence-corrected chi connectivity index (χ4v) is 3.34. The van der Waals surface area contributed by atoms with Crippen LogP contribution in [-0.2, 0) is 10.3 Å². The van der Waals surface area contributed by atoms with Crippen molar-refractivity contribution in [1.82, 2.24) is 15.1 Å². The molecule has 2 heterocycles. The SMILES string of the molecule is COC1(c2noc(-c3sc(N)nc3C)n2)CCCC1. The molecule has 2 aromatic heterocycles. The summed E-state index contributed by atoms with van der Waals surface area (Å²) in [6.07, 6.45) is 4.13. The number of nitrogens with zero attached hydrogens (tertiary/aromatic N) is 3. The summed E-state index contributed by atoms with van der Waals surface area (Å²) in [6, 6.07) is 0. The third kappa shape index (κ3) is 2.02. The van der Waals surface area contributed by atoms with E-state index < -0.39 is 0 Å². The maximum atomic E-state index is 5.69. The molecule has 0 saturated heterocycles. The second kappa shape index (κ2) is 4.57. The van der Waals surface area contributed by atoms with Crippen LogP contribution in [0.3, 0.4) is 0 Å². The lowest BCUT2D eigenvalue weighted by Crippen LogP contribution is -2.25. The van der Waals surface area contributed by atoms with E-state index in [2.05, 4.69) is 15.1 Å². The molecular formula is C12H16N4O2S. The number of aromatic nitrogens is 3. The molecule has 0 atom stereocenters. The van der Waals surface area contributed by atoms with Crippen molar-refractivity contribution in [2.45, 2.75) is 38.2 Å². The van der Waals surface area contributed by atoms with Gasteiger partial charge >= 0.3 is 0 Å². The molecule has 0 bridgehead atoms. The van der Waals surface area contributed by atoms with E-state index >= 15 is 0 Å². The predicted octanol–water partition coefficient (Wildman–Crippen LogP) is 2.50. The highest BCUT2D eigenvalue weighted by atomic mass is 32.1. The van der Waals surface area contributed by atoms with E-state index in [-0.39, 0.29) is 5.60 Å². The van der Waals surface area contributed by atoms with Gasteiger partial charge in [-0.05, 0) is 32.6 Å². The summed E-state index contributed by atoms with van der Waals surface area (Å²) >= 11 is 1.36. The molecule has 0 spiro atoms. The molecule has 2 N–H and O–H groups in total. The number of hydrogen-bond donors (Lipinski definition) is 1. The first-order valence-electron chi connectivity index (χ1n) is 6.27. The highest BCUT2D eigenvalue weighted by Crippen LogP contribution is 2.41. The van der Waals surface area contributed by atoms with Gasteiger partial charge in [0.25, 0.3) is 5.89 Å². The van der Waals surface area contributed by atoms with Gasteiger partial charge in [0.05, 0.1) is 5.69 Å². The lowest BCUT2D eigenvalue weighted by Gasteiger charge is -2.22. The summed E-state index contributed by atoms with van der Waals surface area (Å²) in [5.41, 5.74) is 6.12. The van der Waals surface area contributed by atoms with E-state index in [9.17, 15) is 0 Å². The zero-order valence-electron chi connectivity index (χ0n) is 11.0. The summed E-state index contributed by atoms with van der Waals surface area (Å²) in [7, 11) is 1.71. The number of hydrogen-bond acceptors (Lipinski definition) is 7. The molecular weight excluding hydrogens is 264 g/mol. The average molecular weight is 280 g/mol. The predicted molar refractivity (Wildman–Crippen MR) is 71.7 cm³/mol. The maximum absolute atomic E-state index is 5.69. The molecule has 1 fully saturated rings. The van der Waals surface area contributed by atoms with Gasteiger partial charge in [0.2, 0.25) is 5.82 Å². The minimum atomic E-state index is -0.383. The Morgan fingerprint density at radius 3 is 2.63 bits per heavy atom. The molecule has 1 aliphatic rings. The molecule has 1 aliphatic carbocycles. The quantitative estimate of drug-likeness (QED) is 0.929. The Morgan fingerprint density at radius 2 is 2.05 bits per heavy atom. The number of thiazole rings is 1. The minimum Gasteiger partial charge on any atom is -0.375 e. The fraction of sp³-hybridized carbons (Fsp3) is 0.583. The zero-order chi connectivity index (χ0) is 13.5. The van der Waals surface area contributed by atoms with Crippen LogP contribution in [0, 0.1) is 6.92 Å². The van der Waals surface area contributed by atoms with Crippen molar-refractivity contribution in [2.24, 2.45) is 0 Å². The van der Waals surface area contributed by atoms with E-state index in [0.29, 0.717) is 16.8 Å². The van der Waals surface area contributed by atoms with Crippen LogP contribution in [-0.4, -0.2) is 22.2 Å². The van der Waals surface area contributed by atoms with Gasteiger partial charge in [0, 0.05) is 7.11 Å². The van der Waals surface area contributed by atoms with E-state index in [0.717, 1.165) is 36.3 Å². The maximum Gasteiger partial charge on any atom is 0.270 e. The van der Waals surface area contributed by atoms with Gasteiger partial charge in [-0.2, -0.15) is 4.98 Å². The zero-order valence-corrected chi connectivity index (χ0v) is 11.8. The van der Waals surface area contributed by atoms with Crippen LogP contribution in [0.1, 0.15) is 37.2 Å². The Morgan fingerprint density at radius 1 is 1.32 bits per heavy atom. The van der Waals surface area contributed by atoms with Crippen LogP contribution in [0.2, 0.25) is 0 Å². The van der Waals surface area contributed by atoms with Gasteiger partial charge in [-0.1, -0.05) is 16.5 Å². The normalized spacial score (nSPS) is 18.0. The summed E-state index contributed by atoms with van der Waals surface area (Å²) in [5.74, 6) is 1.11. The lowest BCUT2D eigenvalue weighted by molar-refractivity contribution is -0.0178. The first kappa shape index (κ1) is 12.6. The minimum absolute atomic E-state index is 0.383. The number of nitrogens with two attached hydrogens (primary N) is 1. The van der Waals surface area contributed by atoms with E-state index in [1.807, 2.05) is 6.92 Å². The molecule has 0 aliphatic heterocycles. The van der Waals surface area contributed by atoms with Crippen LogP contribution in [0.5, 0.6) is 0 Å². The first-order chi connectivity index (χ1) is 9.14. The standard InChI is InChI=1S/C12H16N4O2S/c1-7-8(19-11(13)14-7)9-15-10(16-18-9)12(17-2)5-3-4-6-12/h3-6H2,1-2H3,(H2,13,14). The average Bonchev–Trinajstić information content (AvgIpc) is 3.08. The fourth-order valence-electron chi connectivity index (χ4n) is 2.58. The second-order valence-corrected chi connectivity index (χ2v) is 5.83. The topological polar surface area (TPSA) is 87.1 Å². The van der Waals surface area contributed by atoms with Crippen molar-refractivity contribution in [3.8, 4) is 10.8 Å². The summed E-state index contributed by atoms with van der Waals surface area (Å²) in [5, 5.41) is 4.60. The number of methoxy groups -OCH3 is 1. The molecule has 0 radical (unpaired) electrons. The smallest absolute Gasteiger partial charge is 0.270 e. The van der Waals surface area contributed by atoms with Gasteiger partial charge in [0.15, 0.2) is 5.13 Å². The Hall–Kier alpha value is -1.47. The van der Waals surface area contributed by atoms with Crippen molar-refractivity contribution in [3.63, 3.8) is 0 Å². The monoisotopic (exact) mass is 280 g/mol. The molecule has 2 aromatic rings. The van der Waals surface area contributed by atoms with Gasteiger partial charge in [0.1, 0.15) is 10.5 Å². The Kier molecular flexibility index (Phi) is 3.02. The molecule has 0 amide bonds. The van der Waals surface area contributed by atoms with Crippen LogP contribution >= 0.6 is 11.3 Å². The van der Waals surface area contributed by atoms with Gasteiger partial charge < -0.3 is 15.0 Å². The Balaban J connectivity index is 1.97. The van der Waals surface area contributed by atoms with Crippen LogP contribution in [0.25, 0.3) is 10.8 Å². The first-order valence-corrected chi connectivity index (χ1v) is 7.09. The third-order valence-electron chi connectivity index (χ3n) is 3.64. The van der Waals surface area contributed by atoms with Gasteiger partial charge in [-0.25, -0.2) is 4.98 Å². The second-order valence-electron chi connectivity index (χ2n) is 4.80. The summed E-state index contributed by atoms with van der Waals surface area (Å²) in [4.78, 5) is 9.49. The highest BCUT2D eigenvalue weighted by Gasteiger charge is 2.40.